The fourth-order valence-corrected chi connectivity index (χ4v) is 2.79. The molecule has 1 nitrogen and oxygen atoms in total. The van der Waals surface area contributed by atoms with Gasteiger partial charge in [-0.25, -0.2) is 0 Å². The number of benzene rings is 1. The van der Waals surface area contributed by atoms with Crippen molar-refractivity contribution in [1.29, 1.82) is 0 Å². The van der Waals surface area contributed by atoms with Crippen molar-refractivity contribution in [1.82, 2.24) is 0 Å². The van der Waals surface area contributed by atoms with Crippen LogP contribution < -0.4 is 0 Å². The maximum absolute atomic E-state index is 10.6. The van der Waals surface area contributed by atoms with E-state index in [9.17, 15) is 5.11 Å². The Hall–Kier alpha value is -0.820. The van der Waals surface area contributed by atoms with Crippen molar-refractivity contribution < 1.29 is 5.11 Å². The van der Waals surface area contributed by atoms with Gasteiger partial charge >= 0.3 is 0 Å². The fraction of sp³-hybridized carbons (Fsp3) is 0.600. The average molecular weight is 218 g/mol. The Morgan fingerprint density at radius 3 is 2.44 bits per heavy atom. The van der Waals surface area contributed by atoms with Crippen molar-refractivity contribution in [3.8, 4) is 0 Å². The summed E-state index contributed by atoms with van der Waals surface area (Å²) in [5.74, 6) is 0.704. The van der Waals surface area contributed by atoms with Gasteiger partial charge in [0.15, 0.2) is 0 Å². The van der Waals surface area contributed by atoms with Crippen molar-refractivity contribution in [2.24, 2.45) is 5.92 Å². The number of aliphatic hydroxyl groups is 1. The topological polar surface area (TPSA) is 20.2 Å². The second kappa shape index (κ2) is 4.58. The molecule has 1 aromatic rings. The van der Waals surface area contributed by atoms with Crippen LogP contribution in [0.3, 0.4) is 0 Å². The van der Waals surface area contributed by atoms with E-state index in [1.54, 1.807) is 0 Å². The molecule has 16 heavy (non-hydrogen) atoms. The quantitative estimate of drug-likeness (QED) is 0.821. The molecular formula is C15H22O. The molecule has 1 aromatic carbocycles. The minimum atomic E-state index is -0.549. The smallest absolute Gasteiger partial charge is 0.0899 e. The molecule has 0 heterocycles. The maximum atomic E-state index is 10.6. The van der Waals surface area contributed by atoms with Crippen LogP contribution in [0.2, 0.25) is 0 Å². The van der Waals surface area contributed by atoms with Crippen LogP contribution in [0.5, 0.6) is 0 Å². The first-order valence-electron chi connectivity index (χ1n) is 6.49. The summed E-state index contributed by atoms with van der Waals surface area (Å²) in [7, 11) is 0. The summed E-state index contributed by atoms with van der Waals surface area (Å²) in [5, 5.41) is 10.6. The molecule has 1 aliphatic carbocycles. The second-order valence-electron chi connectivity index (χ2n) is 5.10. The third-order valence-electron chi connectivity index (χ3n) is 4.07. The zero-order valence-electron chi connectivity index (χ0n) is 10.4. The van der Waals surface area contributed by atoms with Gasteiger partial charge in [0, 0.05) is 0 Å². The average Bonchev–Trinajstić information content (AvgIpc) is 2.73. The SMILES string of the molecule is CCc1ccc(C2(O)CCC(CC)C2)cc1. The number of aryl methyl sites for hydroxylation is 1. The highest BCUT2D eigenvalue weighted by atomic mass is 16.3. The zero-order valence-corrected chi connectivity index (χ0v) is 10.4. The molecular weight excluding hydrogens is 196 g/mol. The van der Waals surface area contributed by atoms with E-state index in [1.807, 2.05) is 0 Å². The molecule has 2 atom stereocenters. The van der Waals surface area contributed by atoms with E-state index < -0.39 is 5.60 Å². The third-order valence-corrected chi connectivity index (χ3v) is 4.07. The van der Waals surface area contributed by atoms with Crippen molar-refractivity contribution in [3.05, 3.63) is 35.4 Å². The van der Waals surface area contributed by atoms with Gasteiger partial charge in [-0.15, -0.1) is 0 Å². The van der Waals surface area contributed by atoms with E-state index in [2.05, 4.69) is 38.1 Å². The Morgan fingerprint density at radius 1 is 1.25 bits per heavy atom. The molecule has 0 saturated heterocycles. The lowest BCUT2D eigenvalue weighted by Crippen LogP contribution is -2.21. The first kappa shape index (κ1) is 11.7. The summed E-state index contributed by atoms with van der Waals surface area (Å²) in [6, 6.07) is 8.51. The Morgan fingerprint density at radius 2 is 1.94 bits per heavy atom. The lowest BCUT2D eigenvalue weighted by atomic mass is 9.90. The molecule has 0 aromatic heterocycles. The molecule has 0 radical (unpaired) electrons. The largest absolute Gasteiger partial charge is 0.385 e. The van der Waals surface area contributed by atoms with Gasteiger partial charge in [-0.2, -0.15) is 0 Å². The molecule has 2 unspecified atom stereocenters. The highest BCUT2D eigenvalue weighted by Crippen LogP contribution is 2.43. The highest BCUT2D eigenvalue weighted by Gasteiger charge is 2.37. The lowest BCUT2D eigenvalue weighted by molar-refractivity contribution is 0.0398. The molecule has 0 amide bonds. The second-order valence-corrected chi connectivity index (χ2v) is 5.10. The van der Waals surface area contributed by atoms with Gasteiger partial charge in [0.05, 0.1) is 5.60 Å². The van der Waals surface area contributed by atoms with Crippen LogP contribution in [-0.4, -0.2) is 5.11 Å². The van der Waals surface area contributed by atoms with E-state index in [4.69, 9.17) is 0 Å². The predicted octanol–water partition coefficient (Wildman–Crippen LogP) is 3.65. The summed E-state index contributed by atoms with van der Waals surface area (Å²) >= 11 is 0. The van der Waals surface area contributed by atoms with Crippen LogP contribution in [0, 0.1) is 5.92 Å². The molecule has 1 saturated carbocycles. The summed E-state index contributed by atoms with van der Waals surface area (Å²) < 4.78 is 0. The van der Waals surface area contributed by atoms with Crippen molar-refractivity contribution in [2.75, 3.05) is 0 Å². The van der Waals surface area contributed by atoms with Crippen molar-refractivity contribution in [3.63, 3.8) is 0 Å². The molecule has 0 spiro atoms. The first-order valence-corrected chi connectivity index (χ1v) is 6.49. The molecule has 0 bridgehead atoms. The Labute approximate surface area is 98.5 Å². The highest BCUT2D eigenvalue weighted by molar-refractivity contribution is 5.28. The molecule has 1 heteroatoms. The van der Waals surface area contributed by atoms with E-state index in [1.165, 1.54) is 18.4 Å². The lowest BCUT2D eigenvalue weighted by Gasteiger charge is -2.23. The first-order chi connectivity index (χ1) is 7.68. The Balaban J connectivity index is 2.17. The Kier molecular flexibility index (Phi) is 3.34. The zero-order chi connectivity index (χ0) is 11.6. The van der Waals surface area contributed by atoms with Gasteiger partial charge in [0.1, 0.15) is 0 Å². The van der Waals surface area contributed by atoms with Gasteiger partial charge in [-0.05, 0) is 42.7 Å². The minimum absolute atomic E-state index is 0.549. The van der Waals surface area contributed by atoms with Crippen LogP contribution in [0.4, 0.5) is 0 Å². The van der Waals surface area contributed by atoms with Gasteiger partial charge in [-0.1, -0.05) is 44.5 Å². The van der Waals surface area contributed by atoms with Crippen molar-refractivity contribution >= 4 is 0 Å². The summed E-state index contributed by atoms with van der Waals surface area (Å²) in [5.41, 5.74) is 1.91. The van der Waals surface area contributed by atoms with E-state index in [0.29, 0.717) is 5.92 Å². The van der Waals surface area contributed by atoms with Crippen molar-refractivity contribution in [2.45, 2.75) is 51.6 Å². The maximum Gasteiger partial charge on any atom is 0.0899 e. The standard InChI is InChI=1S/C15H22O/c1-3-12-5-7-14(8-6-12)15(16)10-9-13(4-2)11-15/h5-8,13,16H,3-4,9-11H2,1-2H3. The Bertz CT molecular complexity index is 341. The summed E-state index contributed by atoms with van der Waals surface area (Å²) in [4.78, 5) is 0. The van der Waals surface area contributed by atoms with Gasteiger partial charge in [0.2, 0.25) is 0 Å². The predicted molar refractivity (Wildman–Crippen MR) is 67.3 cm³/mol. The minimum Gasteiger partial charge on any atom is -0.385 e. The van der Waals surface area contributed by atoms with Gasteiger partial charge in [0.25, 0.3) is 0 Å². The van der Waals surface area contributed by atoms with Crippen LogP contribution >= 0.6 is 0 Å². The fourth-order valence-electron chi connectivity index (χ4n) is 2.79. The summed E-state index contributed by atoms with van der Waals surface area (Å²) in [6.45, 7) is 4.38. The van der Waals surface area contributed by atoms with E-state index >= 15 is 0 Å². The molecule has 1 aliphatic rings. The van der Waals surface area contributed by atoms with Crippen LogP contribution in [-0.2, 0) is 12.0 Å². The van der Waals surface area contributed by atoms with Crippen LogP contribution in [0.1, 0.15) is 50.7 Å². The van der Waals surface area contributed by atoms with Crippen LogP contribution in [0.25, 0.3) is 0 Å². The van der Waals surface area contributed by atoms with Gasteiger partial charge in [-0.3, -0.25) is 0 Å². The molecule has 0 aliphatic heterocycles. The number of hydrogen-bond donors (Lipinski definition) is 1. The van der Waals surface area contributed by atoms with E-state index in [-0.39, 0.29) is 0 Å². The monoisotopic (exact) mass is 218 g/mol. The van der Waals surface area contributed by atoms with Crippen LogP contribution in [0.15, 0.2) is 24.3 Å². The number of hydrogen-bond acceptors (Lipinski definition) is 1. The normalized spacial score (nSPS) is 29.6. The molecule has 2 rings (SSSR count). The van der Waals surface area contributed by atoms with Gasteiger partial charge < -0.3 is 5.11 Å². The van der Waals surface area contributed by atoms with E-state index in [0.717, 1.165) is 24.8 Å². The molecule has 1 fully saturated rings. The summed E-state index contributed by atoms with van der Waals surface area (Å²) in [6.07, 6.45) is 5.29. The number of rotatable bonds is 3. The molecule has 88 valence electrons. The molecule has 1 N–H and O–H groups in total. The third kappa shape index (κ3) is 2.15.